The van der Waals surface area contributed by atoms with Crippen molar-refractivity contribution in [3.63, 3.8) is 0 Å². The molecule has 2 aromatic rings. The number of aromatic nitrogens is 2. The van der Waals surface area contributed by atoms with Crippen LogP contribution in [0.15, 0.2) is 28.8 Å². The number of nitrogens with zero attached hydrogens (tertiary/aromatic N) is 4. The lowest BCUT2D eigenvalue weighted by Gasteiger charge is -2.41. The highest BCUT2D eigenvalue weighted by atomic mass is 19.1. The van der Waals surface area contributed by atoms with Crippen molar-refractivity contribution in [2.75, 3.05) is 13.1 Å². The highest BCUT2D eigenvalue weighted by molar-refractivity contribution is 5.79. The third-order valence-corrected chi connectivity index (χ3v) is 7.42. The first kappa shape index (κ1) is 22.3. The van der Waals surface area contributed by atoms with Crippen LogP contribution in [0.25, 0.3) is 11.4 Å². The molecule has 170 valence electrons. The maximum atomic E-state index is 13.7. The van der Waals surface area contributed by atoms with Gasteiger partial charge in [0, 0.05) is 23.4 Å². The third kappa shape index (κ3) is 3.88. The van der Waals surface area contributed by atoms with Gasteiger partial charge in [-0.25, -0.2) is 8.78 Å². The quantitative estimate of drug-likeness (QED) is 0.759. The van der Waals surface area contributed by atoms with Gasteiger partial charge < -0.3 is 14.7 Å². The minimum absolute atomic E-state index is 0.0300. The zero-order valence-electron chi connectivity index (χ0n) is 18.4. The summed E-state index contributed by atoms with van der Waals surface area (Å²) in [4.78, 5) is 18.6. The van der Waals surface area contributed by atoms with Crippen LogP contribution in [0, 0.1) is 22.6 Å². The Morgan fingerprint density at radius 1 is 1.34 bits per heavy atom. The van der Waals surface area contributed by atoms with E-state index in [0.29, 0.717) is 17.3 Å². The van der Waals surface area contributed by atoms with Crippen molar-refractivity contribution in [3.05, 3.63) is 36.0 Å². The molecule has 1 aliphatic carbocycles. The summed E-state index contributed by atoms with van der Waals surface area (Å²) in [5, 5.41) is 16.6. The summed E-state index contributed by atoms with van der Waals surface area (Å²) < 4.78 is 32.5. The molecule has 1 aromatic heterocycles. The lowest BCUT2D eigenvalue weighted by Crippen LogP contribution is -2.55. The van der Waals surface area contributed by atoms with Gasteiger partial charge in [-0.15, -0.1) is 0 Å². The number of amides is 1. The second-order valence-corrected chi connectivity index (χ2v) is 9.49. The first-order valence-electron chi connectivity index (χ1n) is 10.8. The maximum Gasteiger partial charge on any atom is 0.237 e. The fourth-order valence-corrected chi connectivity index (χ4v) is 4.90. The predicted molar refractivity (Wildman–Crippen MR) is 112 cm³/mol. The van der Waals surface area contributed by atoms with Crippen LogP contribution in [0.3, 0.4) is 0 Å². The van der Waals surface area contributed by atoms with Crippen LogP contribution >= 0.6 is 0 Å². The molecule has 2 fully saturated rings. The smallest absolute Gasteiger partial charge is 0.237 e. The number of rotatable bonds is 5. The highest BCUT2D eigenvalue weighted by Crippen LogP contribution is 2.54. The van der Waals surface area contributed by atoms with Crippen LogP contribution in [0.5, 0.6) is 0 Å². The van der Waals surface area contributed by atoms with E-state index in [1.54, 1.807) is 12.1 Å². The minimum Gasteiger partial charge on any atom is -0.339 e. The number of alkyl halides is 1. The summed E-state index contributed by atoms with van der Waals surface area (Å²) in [6.07, 6.45) is 0.479. The Morgan fingerprint density at radius 2 is 2.06 bits per heavy atom. The molecule has 0 bridgehead atoms. The van der Waals surface area contributed by atoms with E-state index in [1.807, 2.05) is 6.07 Å². The van der Waals surface area contributed by atoms with Crippen molar-refractivity contribution < 1.29 is 18.1 Å². The molecule has 0 spiro atoms. The Kier molecular flexibility index (Phi) is 5.76. The van der Waals surface area contributed by atoms with Gasteiger partial charge in [-0.2, -0.15) is 10.2 Å². The summed E-state index contributed by atoms with van der Waals surface area (Å²) in [6.45, 7) is 6.24. The van der Waals surface area contributed by atoms with Gasteiger partial charge in [0.15, 0.2) is 0 Å². The zero-order chi connectivity index (χ0) is 23.1. The van der Waals surface area contributed by atoms with Gasteiger partial charge in [0.25, 0.3) is 0 Å². The Bertz CT molecular complexity index is 1030. The summed E-state index contributed by atoms with van der Waals surface area (Å²) in [5.74, 6) is 0.280. The second-order valence-electron chi connectivity index (χ2n) is 9.49. The standard InChI is InChI=1S/C23H27F2N5O2/c1-22(2)18(21-28-20(29-32-21)14-4-6-15(24)7-5-14)8-9-23(22,3)27-12-19(31)30-13-16(25)10-17(30)11-26/h4-7,16-18,27H,8-10,12-13H2,1-3H3. The van der Waals surface area contributed by atoms with Gasteiger partial charge in [0.2, 0.25) is 17.6 Å². The Morgan fingerprint density at radius 3 is 2.75 bits per heavy atom. The predicted octanol–water partition coefficient (Wildman–Crippen LogP) is 3.59. The number of nitriles is 1. The minimum atomic E-state index is -1.15. The summed E-state index contributed by atoms with van der Waals surface area (Å²) in [7, 11) is 0. The van der Waals surface area contributed by atoms with E-state index in [9.17, 15) is 18.8 Å². The molecular formula is C23H27F2N5O2. The van der Waals surface area contributed by atoms with Crippen LogP contribution in [-0.2, 0) is 4.79 Å². The average Bonchev–Trinajstić information content (AvgIpc) is 3.44. The van der Waals surface area contributed by atoms with Gasteiger partial charge in [-0.3, -0.25) is 4.79 Å². The number of hydrogen-bond donors (Lipinski definition) is 1. The molecule has 1 saturated carbocycles. The van der Waals surface area contributed by atoms with Crippen LogP contribution in [0.2, 0.25) is 0 Å². The highest BCUT2D eigenvalue weighted by Gasteiger charge is 2.54. The number of nitrogens with one attached hydrogen (secondary N) is 1. The lowest BCUT2D eigenvalue weighted by atomic mass is 9.71. The van der Waals surface area contributed by atoms with E-state index >= 15 is 0 Å². The molecule has 0 radical (unpaired) electrons. The number of likely N-dealkylation sites (tertiary alicyclic amines) is 1. The van der Waals surface area contributed by atoms with Crippen LogP contribution in [0.4, 0.5) is 8.78 Å². The molecule has 1 aliphatic heterocycles. The normalized spacial score (nSPS) is 29.2. The van der Waals surface area contributed by atoms with Crippen molar-refractivity contribution in [3.8, 4) is 17.5 Å². The van der Waals surface area contributed by atoms with Gasteiger partial charge in [0.1, 0.15) is 18.0 Å². The molecule has 2 heterocycles. The van der Waals surface area contributed by atoms with E-state index < -0.39 is 17.8 Å². The largest absolute Gasteiger partial charge is 0.339 e. The molecule has 1 saturated heterocycles. The molecule has 7 nitrogen and oxygen atoms in total. The molecular weight excluding hydrogens is 416 g/mol. The molecule has 4 rings (SSSR count). The van der Waals surface area contributed by atoms with Crippen molar-refractivity contribution >= 4 is 5.91 Å². The van der Waals surface area contributed by atoms with Gasteiger partial charge in [-0.1, -0.05) is 19.0 Å². The van der Waals surface area contributed by atoms with E-state index in [0.717, 1.165) is 12.8 Å². The molecule has 1 N–H and O–H groups in total. The summed E-state index contributed by atoms with van der Waals surface area (Å²) >= 11 is 0. The first-order valence-corrected chi connectivity index (χ1v) is 10.8. The van der Waals surface area contributed by atoms with Crippen molar-refractivity contribution in [1.29, 1.82) is 5.26 Å². The lowest BCUT2D eigenvalue weighted by molar-refractivity contribution is -0.131. The van der Waals surface area contributed by atoms with E-state index in [4.69, 9.17) is 4.52 Å². The molecule has 32 heavy (non-hydrogen) atoms. The molecule has 4 unspecified atom stereocenters. The third-order valence-electron chi connectivity index (χ3n) is 7.42. The number of benzene rings is 1. The fraction of sp³-hybridized carbons (Fsp3) is 0.565. The molecule has 4 atom stereocenters. The maximum absolute atomic E-state index is 13.7. The number of carbonyl (C=O) groups is 1. The van der Waals surface area contributed by atoms with Crippen molar-refractivity contribution in [1.82, 2.24) is 20.4 Å². The molecule has 2 aliphatic rings. The van der Waals surface area contributed by atoms with Crippen LogP contribution in [0.1, 0.15) is 51.8 Å². The molecule has 1 amide bonds. The number of halogens is 2. The second kappa shape index (κ2) is 8.24. The van der Waals surface area contributed by atoms with Crippen LogP contribution in [-0.4, -0.2) is 51.8 Å². The van der Waals surface area contributed by atoms with Gasteiger partial charge >= 0.3 is 0 Å². The van der Waals surface area contributed by atoms with E-state index in [1.165, 1.54) is 17.0 Å². The zero-order valence-corrected chi connectivity index (χ0v) is 18.4. The van der Waals surface area contributed by atoms with E-state index in [2.05, 4.69) is 36.2 Å². The van der Waals surface area contributed by atoms with Gasteiger partial charge in [0.05, 0.1) is 19.2 Å². The average molecular weight is 443 g/mol. The topological polar surface area (TPSA) is 95.1 Å². The van der Waals surface area contributed by atoms with Crippen molar-refractivity contribution in [2.24, 2.45) is 5.41 Å². The number of hydrogen-bond acceptors (Lipinski definition) is 6. The summed E-state index contributed by atoms with van der Waals surface area (Å²) in [6, 6.07) is 7.23. The van der Waals surface area contributed by atoms with Crippen LogP contribution < -0.4 is 5.32 Å². The first-order chi connectivity index (χ1) is 15.1. The molecule has 9 heteroatoms. The Hall–Kier alpha value is -2.86. The van der Waals surface area contributed by atoms with Crippen molar-refractivity contribution in [2.45, 2.75) is 63.7 Å². The Labute approximate surface area is 185 Å². The van der Waals surface area contributed by atoms with E-state index in [-0.39, 0.29) is 42.6 Å². The SMILES string of the molecule is CC1(NCC(=O)N2CC(F)CC2C#N)CCC(c2nc(-c3ccc(F)cc3)no2)C1(C)C. The summed E-state index contributed by atoms with van der Waals surface area (Å²) in [5.41, 5.74) is -0.0655. The molecule has 1 aromatic carbocycles. The Balaban J connectivity index is 1.45. The fourth-order valence-electron chi connectivity index (χ4n) is 4.90. The monoisotopic (exact) mass is 443 g/mol. The number of carbonyl (C=O) groups excluding carboxylic acids is 1. The van der Waals surface area contributed by atoms with Gasteiger partial charge in [-0.05, 0) is 49.4 Å².